The zero-order valence-electron chi connectivity index (χ0n) is 40.7. The minimum absolute atomic E-state index is 0.0104. The maximum Gasteiger partial charge on any atom is 0.434 e. The van der Waals surface area contributed by atoms with Gasteiger partial charge in [0.2, 0.25) is 5.91 Å². The second-order valence-corrected chi connectivity index (χ2v) is 19.2. The summed E-state index contributed by atoms with van der Waals surface area (Å²) in [5.41, 5.74) is 3.91. The van der Waals surface area contributed by atoms with Crippen LogP contribution in [0.4, 0.5) is 24.7 Å². The Morgan fingerprint density at radius 3 is 2.16 bits per heavy atom. The summed E-state index contributed by atoms with van der Waals surface area (Å²) >= 11 is 0. The summed E-state index contributed by atoms with van der Waals surface area (Å²) in [6, 6.07) is 8.31. The van der Waals surface area contributed by atoms with E-state index >= 15 is 0 Å². The van der Waals surface area contributed by atoms with Gasteiger partial charge in [0.25, 0.3) is 5.91 Å². The quantitative estimate of drug-likeness (QED) is 0.0618. The molecule has 2 saturated carbocycles. The zero-order valence-corrected chi connectivity index (χ0v) is 40.7. The standard InChI is InChI=1S/C49H66F3N9O9/c1-29(2)61-37(15-16-54-61)46(62)58-43(42(33-7-8-33)34-9-10-34)47(63)55-35-13-11-32(12-14-35)41-30(3)59-60(31(41)4)17-18-64-19-20-65-21-22-66-23-24-67-28-38-45-44(69-48(5,6)70-45)36(27-68-38)56-40-26-53-25-39(57-40)49(50,51)52/h11-16,25-26,29,33-34,36,38,42-45H,7-10,17-24,27-28H2,1-6H3,(H,55,63)(H,56,57)(H,58,62)/t36-,38+,43?,44?,45?/m0/s1. The number of aryl methyl sites for hydroxylation is 1. The predicted molar refractivity (Wildman–Crippen MR) is 250 cm³/mol. The maximum absolute atomic E-state index is 14.0. The van der Waals surface area contributed by atoms with E-state index in [-0.39, 0.29) is 42.8 Å². The minimum Gasteiger partial charge on any atom is -0.377 e. The number of anilines is 2. The first-order chi connectivity index (χ1) is 33.6. The van der Waals surface area contributed by atoms with E-state index in [1.807, 2.05) is 56.6 Å². The molecule has 70 heavy (non-hydrogen) atoms. The van der Waals surface area contributed by atoms with Crippen molar-refractivity contribution in [2.45, 2.75) is 122 Å². The van der Waals surface area contributed by atoms with E-state index in [9.17, 15) is 22.8 Å². The van der Waals surface area contributed by atoms with Gasteiger partial charge in [0, 0.05) is 29.2 Å². The van der Waals surface area contributed by atoms with E-state index in [1.165, 1.54) is 6.20 Å². The lowest BCUT2D eigenvalue weighted by atomic mass is 9.88. The molecule has 1 aromatic carbocycles. The average molecular weight is 982 g/mol. The van der Waals surface area contributed by atoms with Crippen molar-refractivity contribution in [3.05, 3.63) is 71.7 Å². The Bertz CT molecular complexity index is 2360. The van der Waals surface area contributed by atoms with Gasteiger partial charge in [-0.05, 0) is 109 Å². The Labute approximate surface area is 406 Å². The number of rotatable bonds is 25. The highest BCUT2D eigenvalue weighted by molar-refractivity contribution is 6.01. The van der Waals surface area contributed by atoms with Crippen molar-refractivity contribution in [3.8, 4) is 11.1 Å². The zero-order chi connectivity index (χ0) is 49.6. The van der Waals surface area contributed by atoms with E-state index in [0.29, 0.717) is 82.2 Å². The third-order valence-corrected chi connectivity index (χ3v) is 13.0. The largest absolute Gasteiger partial charge is 0.434 e. The molecular weight excluding hydrogens is 916 g/mol. The highest BCUT2D eigenvalue weighted by Crippen LogP contribution is 2.51. The molecule has 8 rings (SSSR count). The number of ether oxygens (including phenoxy) is 7. The van der Waals surface area contributed by atoms with Gasteiger partial charge in [-0.1, -0.05) is 12.1 Å². The molecule has 4 fully saturated rings. The summed E-state index contributed by atoms with van der Waals surface area (Å²) in [5.74, 6) is -0.456. The van der Waals surface area contributed by atoms with Gasteiger partial charge in [-0.25, -0.2) is 4.98 Å². The molecule has 2 aliphatic heterocycles. The summed E-state index contributed by atoms with van der Waals surface area (Å²) in [6.45, 7) is 15.1. The molecule has 4 aromatic rings. The highest BCUT2D eigenvalue weighted by Gasteiger charge is 2.52. The van der Waals surface area contributed by atoms with Gasteiger partial charge in [-0.15, -0.1) is 0 Å². The minimum atomic E-state index is -4.62. The molecule has 3 unspecified atom stereocenters. The summed E-state index contributed by atoms with van der Waals surface area (Å²) in [4.78, 5) is 34.9. The first-order valence-electron chi connectivity index (χ1n) is 24.3. The van der Waals surface area contributed by atoms with E-state index < -0.39 is 48.1 Å². The fourth-order valence-corrected chi connectivity index (χ4v) is 9.49. The van der Waals surface area contributed by atoms with Gasteiger partial charge in [0.15, 0.2) is 11.5 Å². The number of fused-ring (bicyclic) bond motifs is 1. The van der Waals surface area contributed by atoms with Crippen LogP contribution in [0.3, 0.4) is 0 Å². The van der Waals surface area contributed by atoms with Crippen molar-refractivity contribution < 1.29 is 55.9 Å². The van der Waals surface area contributed by atoms with Crippen LogP contribution in [0.25, 0.3) is 11.1 Å². The number of benzene rings is 1. The lowest BCUT2D eigenvalue weighted by Gasteiger charge is -2.37. The van der Waals surface area contributed by atoms with Crippen molar-refractivity contribution in [1.82, 2.24) is 34.8 Å². The molecule has 382 valence electrons. The number of amides is 2. The number of carbonyl (C=O) groups excluding carboxylic acids is 2. The second-order valence-electron chi connectivity index (χ2n) is 19.2. The molecule has 3 N–H and O–H groups in total. The van der Waals surface area contributed by atoms with E-state index in [4.69, 9.17) is 38.3 Å². The van der Waals surface area contributed by atoms with Crippen molar-refractivity contribution >= 4 is 23.3 Å². The summed E-state index contributed by atoms with van der Waals surface area (Å²) in [6.07, 6.45) is 1.72. The highest BCUT2D eigenvalue weighted by atomic mass is 19.4. The van der Waals surface area contributed by atoms with Crippen LogP contribution in [-0.2, 0) is 50.7 Å². The molecule has 2 saturated heterocycles. The molecule has 0 radical (unpaired) electrons. The number of carbonyl (C=O) groups is 2. The Morgan fingerprint density at radius 1 is 0.871 bits per heavy atom. The number of nitrogens with zero attached hydrogens (tertiary/aromatic N) is 6. The van der Waals surface area contributed by atoms with Crippen molar-refractivity contribution in [1.29, 1.82) is 0 Å². The Hall–Kier alpha value is -5.03. The average Bonchev–Trinajstić information content (AvgIpc) is 4.23. The van der Waals surface area contributed by atoms with Gasteiger partial charge >= 0.3 is 6.18 Å². The number of nitrogens with one attached hydrogen (secondary N) is 3. The van der Waals surface area contributed by atoms with E-state index in [1.54, 1.807) is 30.8 Å². The summed E-state index contributed by atoms with van der Waals surface area (Å²) in [7, 11) is 0. The number of alkyl halides is 3. The predicted octanol–water partition coefficient (Wildman–Crippen LogP) is 6.39. The number of halogens is 3. The smallest absolute Gasteiger partial charge is 0.377 e. The fraction of sp³-hybridized carbons (Fsp3) is 0.633. The second kappa shape index (κ2) is 22.6. The molecule has 18 nitrogen and oxygen atoms in total. The van der Waals surface area contributed by atoms with Crippen LogP contribution >= 0.6 is 0 Å². The lowest BCUT2D eigenvalue weighted by Crippen LogP contribution is -2.55. The van der Waals surface area contributed by atoms with Gasteiger partial charge in [-0.3, -0.25) is 23.9 Å². The topological polar surface area (TPSA) is 196 Å². The van der Waals surface area contributed by atoms with Gasteiger partial charge in [0.1, 0.15) is 35.9 Å². The van der Waals surface area contributed by atoms with Crippen LogP contribution in [0, 0.1) is 31.6 Å². The number of hydrogen-bond donors (Lipinski definition) is 3. The lowest BCUT2D eigenvalue weighted by molar-refractivity contribution is -0.160. The third kappa shape index (κ3) is 13.1. The molecule has 2 amide bonds. The van der Waals surface area contributed by atoms with E-state index in [0.717, 1.165) is 48.2 Å². The van der Waals surface area contributed by atoms with Crippen LogP contribution in [-0.4, -0.2) is 137 Å². The van der Waals surface area contributed by atoms with Crippen molar-refractivity contribution in [2.75, 3.05) is 70.1 Å². The molecule has 2 aliphatic carbocycles. The first-order valence-corrected chi connectivity index (χ1v) is 24.3. The van der Waals surface area contributed by atoms with Crippen molar-refractivity contribution in [3.63, 3.8) is 0 Å². The molecule has 5 heterocycles. The van der Waals surface area contributed by atoms with Gasteiger partial charge in [-0.2, -0.15) is 23.4 Å². The Morgan fingerprint density at radius 2 is 1.51 bits per heavy atom. The van der Waals surface area contributed by atoms with E-state index in [2.05, 4.69) is 31.0 Å². The van der Waals surface area contributed by atoms with Crippen LogP contribution < -0.4 is 16.0 Å². The van der Waals surface area contributed by atoms with Crippen LogP contribution in [0.5, 0.6) is 0 Å². The monoisotopic (exact) mass is 981 g/mol. The molecule has 3 aromatic heterocycles. The fourth-order valence-electron chi connectivity index (χ4n) is 9.49. The molecular formula is C49H66F3N9O9. The number of aromatic nitrogens is 6. The molecule has 0 spiro atoms. The van der Waals surface area contributed by atoms with Gasteiger partial charge in [0.05, 0.1) is 90.1 Å². The maximum atomic E-state index is 14.0. The Balaban J connectivity index is 0.706. The summed E-state index contributed by atoms with van der Waals surface area (Å²) < 4.78 is 84.4. The molecule has 5 atom stereocenters. The number of hydrogen-bond acceptors (Lipinski definition) is 14. The molecule has 4 aliphatic rings. The SMILES string of the molecule is Cc1nn(CCOCCOCCOCCOC[C@H]2OC[C@H](Nc3cncc(C(F)(F)F)n3)C3OC(C)(C)OC32)c(C)c1-c1ccc(NC(=O)C(NC(=O)c2ccnn2C(C)C)C(C2CC2)C2CC2)cc1. The normalized spacial score (nSPS) is 21.5. The van der Waals surface area contributed by atoms with Crippen LogP contribution in [0.1, 0.15) is 87.0 Å². The Kier molecular flexibility index (Phi) is 16.6. The van der Waals surface area contributed by atoms with Crippen molar-refractivity contribution in [2.24, 2.45) is 17.8 Å². The van der Waals surface area contributed by atoms with Crippen LogP contribution in [0.2, 0.25) is 0 Å². The third-order valence-electron chi connectivity index (χ3n) is 13.0. The summed E-state index contributed by atoms with van der Waals surface area (Å²) in [5, 5.41) is 18.3. The van der Waals surface area contributed by atoms with Crippen LogP contribution in [0.15, 0.2) is 48.9 Å². The molecule has 21 heteroatoms. The first kappa shape index (κ1) is 51.3. The molecule has 0 bridgehead atoms. The van der Waals surface area contributed by atoms with Gasteiger partial charge < -0.3 is 49.1 Å².